The third kappa shape index (κ3) is 5.66. The Bertz CT molecular complexity index is 983. The highest BCUT2D eigenvalue weighted by atomic mass is 35.5. The lowest BCUT2D eigenvalue weighted by atomic mass is 10.1. The minimum atomic E-state index is -4.38. The number of carbonyl (C=O) groups is 1. The monoisotopic (exact) mass is 434 g/mol. The van der Waals surface area contributed by atoms with Gasteiger partial charge in [0.05, 0.1) is 12.1 Å². The molecule has 7 heteroatoms. The van der Waals surface area contributed by atoms with Crippen molar-refractivity contribution in [3.63, 3.8) is 0 Å². The smallest absolute Gasteiger partial charge is 0.345 e. The van der Waals surface area contributed by atoms with Gasteiger partial charge in [-0.2, -0.15) is 13.2 Å². The minimum Gasteiger partial charge on any atom is -0.345 e. The molecule has 0 aliphatic rings. The predicted molar refractivity (Wildman–Crippen MR) is 111 cm³/mol. The van der Waals surface area contributed by atoms with E-state index in [1.807, 2.05) is 47.0 Å². The summed E-state index contributed by atoms with van der Waals surface area (Å²) in [5.74, 6) is -0.202. The van der Waals surface area contributed by atoms with Crippen LogP contribution in [0.1, 0.15) is 29.3 Å². The summed E-state index contributed by atoms with van der Waals surface area (Å²) in [7, 11) is 0. The second-order valence-corrected chi connectivity index (χ2v) is 7.78. The lowest BCUT2D eigenvalue weighted by Crippen LogP contribution is -2.35. The summed E-state index contributed by atoms with van der Waals surface area (Å²) in [5.41, 5.74) is 1.65. The molecule has 0 aliphatic heterocycles. The van der Waals surface area contributed by atoms with Gasteiger partial charge in [-0.05, 0) is 42.3 Å². The van der Waals surface area contributed by atoms with E-state index in [1.54, 1.807) is 24.1 Å². The summed E-state index contributed by atoms with van der Waals surface area (Å²) >= 11 is 6.05. The third-order valence-electron chi connectivity index (χ3n) is 4.75. The standard InChI is InChI=1S/C23H22ClF3N2O/c1-17(24)22(30)29(14-18-7-3-2-4-8-18)16-21-11-6-12-28(21)15-19-9-5-10-20(13-19)23(25,26)27/h2-13,17H,14-16H2,1H3. The molecule has 0 bridgehead atoms. The van der Waals surface area contributed by atoms with Crippen LogP contribution in [0.2, 0.25) is 0 Å². The van der Waals surface area contributed by atoms with Crippen LogP contribution in [0.3, 0.4) is 0 Å². The Labute approximate surface area is 178 Å². The summed E-state index contributed by atoms with van der Waals surface area (Å²) in [5, 5.41) is -0.680. The molecule has 0 saturated heterocycles. The molecule has 1 aromatic heterocycles. The third-order valence-corrected chi connectivity index (χ3v) is 4.94. The van der Waals surface area contributed by atoms with E-state index in [9.17, 15) is 18.0 Å². The predicted octanol–water partition coefficient (Wildman–Crippen LogP) is 5.71. The molecular weight excluding hydrogens is 413 g/mol. The molecule has 3 rings (SSSR count). The number of benzene rings is 2. The first-order valence-corrected chi connectivity index (χ1v) is 9.94. The average molecular weight is 435 g/mol. The molecular formula is C23H22ClF3N2O. The number of nitrogens with zero attached hydrogens (tertiary/aromatic N) is 2. The molecule has 1 amide bonds. The SMILES string of the molecule is CC(Cl)C(=O)N(Cc1ccccc1)Cc1cccn1Cc1cccc(C(F)(F)F)c1. The van der Waals surface area contributed by atoms with Crippen molar-refractivity contribution in [2.75, 3.05) is 0 Å². The molecule has 0 N–H and O–H groups in total. The molecule has 0 saturated carbocycles. The molecule has 1 unspecified atom stereocenters. The van der Waals surface area contributed by atoms with Gasteiger partial charge in [0.1, 0.15) is 5.38 Å². The molecule has 1 atom stereocenters. The molecule has 0 aliphatic carbocycles. The molecule has 0 radical (unpaired) electrons. The van der Waals surface area contributed by atoms with Crippen LogP contribution in [-0.2, 0) is 30.6 Å². The maximum absolute atomic E-state index is 13.0. The first-order chi connectivity index (χ1) is 14.2. The number of hydrogen-bond donors (Lipinski definition) is 0. The van der Waals surface area contributed by atoms with Crippen LogP contribution < -0.4 is 0 Å². The van der Waals surface area contributed by atoms with Gasteiger partial charge in [-0.3, -0.25) is 4.79 Å². The van der Waals surface area contributed by atoms with E-state index in [0.717, 1.165) is 23.4 Å². The molecule has 158 valence electrons. The van der Waals surface area contributed by atoms with Crippen molar-refractivity contribution in [2.24, 2.45) is 0 Å². The Morgan fingerprint density at radius 1 is 1.00 bits per heavy atom. The molecule has 0 spiro atoms. The van der Waals surface area contributed by atoms with E-state index >= 15 is 0 Å². The fraction of sp³-hybridized carbons (Fsp3) is 0.261. The number of carbonyl (C=O) groups excluding carboxylic acids is 1. The average Bonchev–Trinajstić information content (AvgIpc) is 3.13. The lowest BCUT2D eigenvalue weighted by Gasteiger charge is -2.25. The minimum absolute atomic E-state index is 0.202. The Hall–Kier alpha value is -2.73. The highest BCUT2D eigenvalue weighted by Gasteiger charge is 2.30. The fourth-order valence-electron chi connectivity index (χ4n) is 3.25. The lowest BCUT2D eigenvalue weighted by molar-refractivity contribution is -0.137. The first-order valence-electron chi connectivity index (χ1n) is 9.51. The van der Waals surface area contributed by atoms with E-state index in [4.69, 9.17) is 11.6 Å². The Balaban J connectivity index is 1.81. The van der Waals surface area contributed by atoms with Gasteiger partial charge in [-0.15, -0.1) is 11.6 Å². The quantitative estimate of drug-likeness (QED) is 0.437. The van der Waals surface area contributed by atoms with Crippen LogP contribution in [0, 0.1) is 0 Å². The maximum atomic E-state index is 13.0. The van der Waals surface area contributed by atoms with Crippen LogP contribution in [-0.4, -0.2) is 20.8 Å². The summed E-state index contributed by atoms with van der Waals surface area (Å²) in [6.45, 7) is 2.60. The van der Waals surface area contributed by atoms with Gasteiger partial charge in [0.2, 0.25) is 5.91 Å². The summed E-state index contributed by atoms with van der Waals surface area (Å²) < 4.78 is 40.9. The number of aromatic nitrogens is 1. The van der Waals surface area contributed by atoms with E-state index < -0.39 is 17.1 Å². The molecule has 3 nitrogen and oxygen atoms in total. The van der Waals surface area contributed by atoms with E-state index in [1.165, 1.54) is 6.07 Å². The van der Waals surface area contributed by atoms with Crippen LogP contribution in [0.5, 0.6) is 0 Å². The van der Waals surface area contributed by atoms with Crippen molar-refractivity contribution < 1.29 is 18.0 Å². The maximum Gasteiger partial charge on any atom is 0.416 e. The molecule has 30 heavy (non-hydrogen) atoms. The number of amides is 1. The summed E-state index contributed by atoms with van der Waals surface area (Å²) in [4.78, 5) is 14.3. The highest BCUT2D eigenvalue weighted by molar-refractivity contribution is 6.30. The Morgan fingerprint density at radius 3 is 2.37 bits per heavy atom. The van der Waals surface area contributed by atoms with Gasteiger partial charge in [-0.25, -0.2) is 0 Å². The first kappa shape index (κ1) is 22.0. The molecule has 3 aromatic rings. The van der Waals surface area contributed by atoms with Crippen molar-refractivity contribution in [1.82, 2.24) is 9.47 Å². The highest BCUT2D eigenvalue weighted by Crippen LogP contribution is 2.29. The van der Waals surface area contributed by atoms with E-state index in [0.29, 0.717) is 18.7 Å². The zero-order valence-electron chi connectivity index (χ0n) is 16.4. The van der Waals surface area contributed by atoms with Crippen molar-refractivity contribution in [3.8, 4) is 0 Å². The van der Waals surface area contributed by atoms with Crippen molar-refractivity contribution in [1.29, 1.82) is 0 Å². The Morgan fingerprint density at radius 2 is 1.70 bits per heavy atom. The number of rotatable bonds is 7. The Kier molecular flexibility index (Phi) is 6.87. The van der Waals surface area contributed by atoms with Crippen LogP contribution in [0.4, 0.5) is 13.2 Å². The second kappa shape index (κ2) is 9.39. The van der Waals surface area contributed by atoms with E-state index in [-0.39, 0.29) is 12.5 Å². The summed E-state index contributed by atoms with van der Waals surface area (Å²) in [6.07, 6.45) is -2.59. The van der Waals surface area contributed by atoms with Gasteiger partial charge in [0.25, 0.3) is 0 Å². The van der Waals surface area contributed by atoms with E-state index in [2.05, 4.69) is 0 Å². The van der Waals surface area contributed by atoms with Crippen LogP contribution in [0.25, 0.3) is 0 Å². The van der Waals surface area contributed by atoms with Crippen LogP contribution >= 0.6 is 11.6 Å². The van der Waals surface area contributed by atoms with Gasteiger partial charge in [0, 0.05) is 25.0 Å². The van der Waals surface area contributed by atoms with Crippen LogP contribution in [0.15, 0.2) is 72.9 Å². The number of halogens is 4. The molecule has 1 heterocycles. The van der Waals surface area contributed by atoms with Gasteiger partial charge in [-0.1, -0.05) is 42.5 Å². The fourth-order valence-corrected chi connectivity index (χ4v) is 3.39. The number of hydrogen-bond acceptors (Lipinski definition) is 1. The largest absolute Gasteiger partial charge is 0.416 e. The van der Waals surface area contributed by atoms with Gasteiger partial charge >= 0.3 is 6.18 Å². The van der Waals surface area contributed by atoms with Gasteiger partial charge in [0.15, 0.2) is 0 Å². The summed E-state index contributed by atoms with van der Waals surface area (Å²) in [6, 6.07) is 18.5. The topological polar surface area (TPSA) is 25.2 Å². The van der Waals surface area contributed by atoms with Crippen molar-refractivity contribution >= 4 is 17.5 Å². The molecule has 0 fully saturated rings. The van der Waals surface area contributed by atoms with Gasteiger partial charge < -0.3 is 9.47 Å². The normalized spacial score (nSPS) is 12.6. The van der Waals surface area contributed by atoms with Crippen molar-refractivity contribution in [3.05, 3.63) is 95.3 Å². The molecule has 2 aromatic carbocycles. The number of alkyl halides is 4. The zero-order chi connectivity index (χ0) is 21.7. The van der Waals surface area contributed by atoms with Crippen molar-refractivity contribution in [2.45, 2.75) is 38.1 Å². The second-order valence-electron chi connectivity index (χ2n) is 7.12. The zero-order valence-corrected chi connectivity index (χ0v) is 17.2.